The van der Waals surface area contributed by atoms with Crippen molar-refractivity contribution in [2.24, 2.45) is 0 Å². The molecule has 0 bridgehead atoms. The Hall–Kier alpha value is 0.353. The summed E-state index contributed by atoms with van der Waals surface area (Å²) in [5.74, 6) is 0. The first-order chi connectivity index (χ1) is 2.00. The normalized spacial score (nSPS) is 1.75. The van der Waals surface area contributed by atoms with Gasteiger partial charge in [-0.15, -0.1) is 0 Å². The van der Waals surface area contributed by atoms with Gasteiger partial charge in [-0.1, -0.05) is 0 Å². The van der Waals surface area contributed by atoms with Crippen molar-refractivity contribution in [2.75, 3.05) is 0 Å². The van der Waals surface area contributed by atoms with Crippen molar-refractivity contribution >= 4 is 6.79 Å². The van der Waals surface area contributed by atoms with Crippen LogP contribution in [0.25, 0.3) is 0 Å². The monoisotopic (exact) mass is 136 g/mol. The number of rotatable bonds is 0. The third-order valence-electron chi connectivity index (χ3n) is 0. The molecule has 0 rings (SSSR count). The second-order valence-electron chi connectivity index (χ2n) is 0. The van der Waals surface area contributed by atoms with Gasteiger partial charge in [0.2, 0.25) is 0 Å². The maximum atomic E-state index is 8.34. The van der Waals surface area contributed by atoms with Gasteiger partial charge in [-0.25, -0.2) is 0 Å². The quantitative estimate of drug-likeness (QED) is 0.459. The van der Waals surface area contributed by atoms with E-state index < -0.39 is 0 Å². The van der Waals surface area contributed by atoms with Crippen LogP contribution in [0.4, 0.5) is 0 Å². The molecule has 0 N–H and O–H groups in total. The van der Waals surface area contributed by atoms with Gasteiger partial charge < -0.3 is 4.79 Å². The Balaban J connectivity index is 0. The molecule has 0 aromatic carbocycles. The number of carbonyl (C=O) groups excluding carboxylic acids is 1. The summed E-state index contributed by atoms with van der Waals surface area (Å²) in [6, 6.07) is 0. The Morgan fingerprint density at radius 3 is 1.25 bits per heavy atom. The van der Waals surface area contributed by atoms with E-state index in [1.54, 1.807) is 0 Å². The summed E-state index contributed by atoms with van der Waals surface area (Å²) in [4.78, 5) is 8.00. The van der Waals surface area contributed by atoms with Crippen LogP contribution in [-0.2, 0) is 32.3 Å². The van der Waals surface area contributed by atoms with Gasteiger partial charge in [-0.2, -0.15) is 0 Å². The summed E-state index contributed by atoms with van der Waals surface area (Å²) in [5, 5.41) is 0. The predicted molar refractivity (Wildman–Crippen MR) is 7.81 cm³/mol. The molecule has 0 aliphatic heterocycles. The van der Waals surface area contributed by atoms with Crippen molar-refractivity contribution in [2.45, 2.75) is 0 Å². The molecule has 0 fully saturated rings. The van der Waals surface area contributed by atoms with Crippen LogP contribution in [0.15, 0.2) is 0 Å². The molecular formula is CH2O2Zr. The number of carbonyl (C=O) groups is 1. The van der Waals surface area contributed by atoms with E-state index in [0.29, 0.717) is 24.7 Å². The molecule has 4 heavy (non-hydrogen) atoms. The Bertz CT molecular complexity index is 8.00. The van der Waals surface area contributed by atoms with E-state index in [1.165, 1.54) is 0 Å². The van der Waals surface area contributed by atoms with Gasteiger partial charge in [0.1, 0.15) is 6.79 Å². The van der Waals surface area contributed by atoms with E-state index in [4.69, 9.17) is 7.61 Å². The van der Waals surface area contributed by atoms with Gasteiger partial charge >= 0.3 is 27.5 Å². The fourth-order valence-electron chi connectivity index (χ4n) is 0. The van der Waals surface area contributed by atoms with Crippen LogP contribution >= 0.6 is 0 Å². The SMILES string of the molecule is C=O.[O]=[Zr]. The molecule has 0 heterocycles. The molecule has 0 aliphatic carbocycles. The molecule has 0 amide bonds. The molecule has 0 aromatic heterocycles. The Morgan fingerprint density at radius 2 is 1.25 bits per heavy atom. The van der Waals surface area contributed by atoms with Crippen molar-refractivity contribution in [1.29, 1.82) is 0 Å². The Labute approximate surface area is 39.5 Å². The van der Waals surface area contributed by atoms with Crippen LogP contribution in [0.3, 0.4) is 0 Å². The van der Waals surface area contributed by atoms with E-state index in [9.17, 15) is 0 Å². The minimum atomic E-state index is 0.300. The minimum absolute atomic E-state index is 0.300. The van der Waals surface area contributed by atoms with E-state index in [2.05, 4.69) is 0 Å². The molecule has 0 atom stereocenters. The van der Waals surface area contributed by atoms with Gasteiger partial charge in [0.25, 0.3) is 0 Å². The first-order valence-corrected chi connectivity index (χ1v) is 1.50. The van der Waals surface area contributed by atoms with E-state index in [0.717, 1.165) is 0 Å². The molecule has 0 radical (unpaired) electrons. The van der Waals surface area contributed by atoms with E-state index in [-0.39, 0.29) is 0 Å². The van der Waals surface area contributed by atoms with Crippen LogP contribution in [0.2, 0.25) is 0 Å². The Kier molecular flexibility index (Phi) is 329. The molecule has 0 unspecified atom stereocenters. The van der Waals surface area contributed by atoms with Crippen molar-refractivity contribution in [3.8, 4) is 0 Å². The summed E-state index contributed by atoms with van der Waals surface area (Å²) in [5.41, 5.74) is 0. The predicted octanol–water partition coefficient (Wildman–Crippen LogP) is -0.306. The average Bonchev–Trinajstić information content (AvgIpc) is 1.50. The fraction of sp³-hybridized carbons (Fsp3) is 0. The van der Waals surface area contributed by atoms with Crippen LogP contribution in [0.5, 0.6) is 0 Å². The first-order valence-electron chi connectivity index (χ1n) is 0.493. The van der Waals surface area contributed by atoms with Crippen LogP contribution < -0.4 is 0 Å². The summed E-state index contributed by atoms with van der Waals surface area (Å²) in [7, 11) is 0. The molecule has 0 saturated carbocycles. The van der Waals surface area contributed by atoms with Gasteiger partial charge in [-0.3, -0.25) is 0 Å². The molecule has 0 saturated heterocycles. The summed E-state index contributed by atoms with van der Waals surface area (Å²) < 4.78 is 8.34. The number of hydrogen-bond acceptors (Lipinski definition) is 2. The van der Waals surface area contributed by atoms with Gasteiger partial charge in [0, 0.05) is 0 Å². The van der Waals surface area contributed by atoms with Gasteiger partial charge in [-0.05, 0) is 0 Å². The van der Waals surface area contributed by atoms with Crippen molar-refractivity contribution in [1.82, 2.24) is 0 Å². The van der Waals surface area contributed by atoms with E-state index >= 15 is 0 Å². The zero-order chi connectivity index (χ0) is 4.00. The topological polar surface area (TPSA) is 34.1 Å². The first kappa shape index (κ1) is 8.84. The molecule has 0 aromatic rings. The van der Waals surface area contributed by atoms with Gasteiger partial charge in [0.15, 0.2) is 0 Å². The summed E-state index contributed by atoms with van der Waals surface area (Å²) in [6.45, 7) is 2.00. The number of hydrogen-bond donors (Lipinski definition) is 0. The van der Waals surface area contributed by atoms with E-state index in [1.807, 2.05) is 6.79 Å². The molecule has 0 aliphatic rings. The summed E-state index contributed by atoms with van der Waals surface area (Å²) >= 11 is 0.300. The molecule has 3 heteroatoms. The molecule has 2 nitrogen and oxygen atoms in total. The van der Waals surface area contributed by atoms with Crippen molar-refractivity contribution in [3.63, 3.8) is 0 Å². The summed E-state index contributed by atoms with van der Waals surface area (Å²) in [6.07, 6.45) is 0. The van der Waals surface area contributed by atoms with Crippen molar-refractivity contribution < 1.29 is 32.3 Å². The van der Waals surface area contributed by atoms with Crippen LogP contribution in [0, 0.1) is 0 Å². The van der Waals surface area contributed by atoms with Crippen molar-refractivity contribution in [3.05, 3.63) is 0 Å². The Morgan fingerprint density at radius 1 is 1.25 bits per heavy atom. The van der Waals surface area contributed by atoms with Crippen LogP contribution in [-0.4, -0.2) is 6.79 Å². The third-order valence-corrected chi connectivity index (χ3v) is 0. The fourth-order valence-corrected chi connectivity index (χ4v) is 0. The molecule has 0 spiro atoms. The van der Waals surface area contributed by atoms with Crippen LogP contribution in [0.1, 0.15) is 0 Å². The molecular weight excluding hydrogens is 135 g/mol. The third kappa shape index (κ3) is 34.6. The second kappa shape index (κ2) is 149. The zero-order valence-corrected chi connectivity index (χ0v) is 4.48. The average molecular weight is 137 g/mol. The standard InChI is InChI=1S/CH2O.O.Zr/c1-2;;/h1H2;;. The van der Waals surface area contributed by atoms with Gasteiger partial charge in [0.05, 0.1) is 0 Å². The zero-order valence-electron chi connectivity index (χ0n) is 2.02. The second-order valence-corrected chi connectivity index (χ2v) is 0. The maximum absolute atomic E-state index is 8.34. The molecule has 22 valence electrons.